The number of nitrogens with zero attached hydrogens (tertiary/aromatic N) is 1. The number of halogens is 2. The number of thiazole rings is 1. The van der Waals surface area contributed by atoms with Crippen molar-refractivity contribution >= 4 is 17.2 Å². The Kier molecular flexibility index (Phi) is 3.66. The molecule has 1 aromatic heterocycles. The quantitative estimate of drug-likeness (QED) is 0.929. The molecule has 0 bridgehead atoms. The molecule has 3 nitrogen and oxygen atoms in total. The van der Waals surface area contributed by atoms with Gasteiger partial charge < -0.3 is 5.32 Å². The van der Waals surface area contributed by atoms with E-state index in [1.165, 1.54) is 23.5 Å². The van der Waals surface area contributed by atoms with E-state index in [1.807, 2.05) is 0 Å². The minimum Gasteiger partial charge on any atom is -0.347 e. The van der Waals surface area contributed by atoms with E-state index in [2.05, 4.69) is 10.3 Å². The molecule has 6 heteroatoms. The van der Waals surface area contributed by atoms with Gasteiger partial charge in [0, 0.05) is 18.0 Å². The number of aryl methyl sites for hydroxylation is 1. The number of benzene rings is 1. The van der Waals surface area contributed by atoms with Crippen molar-refractivity contribution in [1.82, 2.24) is 10.3 Å². The number of aromatic nitrogens is 1. The molecule has 0 aliphatic rings. The first-order valence-corrected chi connectivity index (χ1v) is 6.08. The lowest BCUT2D eigenvalue weighted by molar-refractivity contribution is 0.0946. The average Bonchev–Trinajstić information content (AvgIpc) is 2.71. The summed E-state index contributed by atoms with van der Waals surface area (Å²) in [6, 6.07) is 3.14. The smallest absolute Gasteiger partial charge is 0.271 e. The molecule has 1 heterocycles. The van der Waals surface area contributed by atoms with Crippen molar-refractivity contribution in [3.05, 3.63) is 51.5 Å². The summed E-state index contributed by atoms with van der Waals surface area (Å²) in [5.74, 6) is -1.68. The Bertz CT molecular complexity index is 563. The van der Waals surface area contributed by atoms with Gasteiger partial charge in [-0.05, 0) is 24.6 Å². The van der Waals surface area contributed by atoms with Gasteiger partial charge in [-0.15, -0.1) is 11.3 Å². The van der Waals surface area contributed by atoms with E-state index in [4.69, 9.17) is 0 Å². The van der Waals surface area contributed by atoms with Gasteiger partial charge in [0.25, 0.3) is 5.91 Å². The van der Waals surface area contributed by atoms with Crippen LogP contribution in [0.3, 0.4) is 0 Å². The third-order valence-electron chi connectivity index (χ3n) is 2.23. The van der Waals surface area contributed by atoms with Crippen LogP contribution >= 0.6 is 11.3 Å². The van der Waals surface area contributed by atoms with Crippen LogP contribution in [-0.4, -0.2) is 10.9 Å². The predicted molar refractivity (Wildman–Crippen MR) is 64.4 cm³/mol. The van der Waals surface area contributed by atoms with Crippen LogP contribution in [0.25, 0.3) is 0 Å². The standard InChI is InChI=1S/C12H10F2N2OS/c1-7-16-11(6-18-7)12(17)15-5-8-2-9(13)4-10(14)3-8/h2-4,6H,5H2,1H3,(H,15,17). The number of nitrogens with one attached hydrogen (secondary N) is 1. The lowest BCUT2D eigenvalue weighted by Gasteiger charge is -2.04. The molecule has 94 valence electrons. The van der Waals surface area contributed by atoms with E-state index >= 15 is 0 Å². The number of carbonyl (C=O) groups is 1. The highest BCUT2D eigenvalue weighted by Crippen LogP contribution is 2.10. The highest BCUT2D eigenvalue weighted by molar-refractivity contribution is 7.09. The Morgan fingerprint density at radius 2 is 2.00 bits per heavy atom. The summed E-state index contributed by atoms with van der Waals surface area (Å²) in [5, 5.41) is 4.98. The molecule has 1 amide bonds. The molecule has 1 aromatic carbocycles. The van der Waals surface area contributed by atoms with Gasteiger partial charge in [-0.25, -0.2) is 13.8 Å². The lowest BCUT2D eigenvalue weighted by atomic mass is 10.2. The topological polar surface area (TPSA) is 42.0 Å². The average molecular weight is 268 g/mol. The van der Waals surface area contributed by atoms with Crippen LogP contribution in [0.5, 0.6) is 0 Å². The molecule has 0 unspecified atom stereocenters. The molecule has 0 aliphatic carbocycles. The second-order valence-corrected chi connectivity index (χ2v) is 4.77. The van der Waals surface area contributed by atoms with E-state index in [0.29, 0.717) is 11.3 Å². The number of rotatable bonds is 3. The van der Waals surface area contributed by atoms with Crippen molar-refractivity contribution in [2.24, 2.45) is 0 Å². The van der Waals surface area contributed by atoms with Crippen molar-refractivity contribution in [3.63, 3.8) is 0 Å². The number of amides is 1. The van der Waals surface area contributed by atoms with Gasteiger partial charge in [-0.3, -0.25) is 4.79 Å². The van der Waals surface area contributed by atoms with Crippen LogP contribution in [-0.2, 0) is 6.54 Å². The van der Waals surface area contributed by atoms with Crippen LogP contribution in [0.4, 0.5) is 8.78 Å². The summed E-state index contributed by atoms with van der Waals surface area (Å²) in [5.41, 5.74) is 0.683. The van der Waals surface area contributed by atoms with Crippen molar-refractivity contribution < 1.29 is 13.6 Å². The Morgan fingerprint density at radius 1 is 1.33 bits per heavy atom. The van der Waals surface area contributed by atoms with Crippen molar-refractivity contribution in [3.8, 4) is 0 Å². The number of carbonyl (C=O) groups excluding carboxylic acids is 1. The van der Waals surface area contributed by atoms with E-state index in [9.17, 15) is 13.6 Å². The van der Waals surface area contributed by atoms with Gasteiger partial charge in [-0.1, -0.05) is 0 Å². The fourth-order valence-corrected chi connectivity index (χ4v) is 2.05. The molecule has 0 saturated carbocycles. The summed E-state index contributed by atoms with van der Waals surface area (Å²) >= 11 is 1.37. The van der Waals surface area contributed by atoms with Gasteiger partial charge in [0.2, 0.25) is 0 Å². The molecule has 0 fully saturated rings. The summed E-state index contributed by atoms with van der Waals surface area (Å²) in [6.45, 7) is 1.85. The zero-order valence-corrected chi connectivity index (χ0v) is 10.4. The summed E-state index contributed by atoms with van der Waals surface area (Å²) < 4.78 is 25.8. The fourth-order valence-electron chi connectivity index (χ4n) is 1.45. The van der Waals surface area contributed by atoms with Crippen molar-refractivity contribution in [2.45, 2.75) is 13.5 Å². The second kappa shape index (κ2) is 5.22. The Morgan fingerprint density at radius 3 is 2.56 bits per heavy atom. The molecule has 0 aliphatic heterocycles. The minimum absolute atomic E-state index is 0.0596. The van der Waals surface area contributed by atoms with E-state index in [-0.39, 0.29) is 12.5 Å². The normalized spacial score (nSPS) is 10.4. The van der Waals surface area contributed by atoms with Crippen LogP contribution < -0.4 is 5.32 Å². The first-order chi connectivity index (χ1) is 8.54. The van der Waals surface area contributed by atoms with Gasteiger partial charge in [0.05, 0.1) is 5.01 Å². The Hall–Kier alpha value is -1.82. The van der Waals surface area contributed by atoms with Crippen LogP contribution in [0.2, 0.25) is 0 Å². The molecular formula is C12H10F2N2OS. The molecular weight excluding hydrogens is 258 g/mol. The molecule has 18 heavy (non-hydrogen) atoms. The van der Waals surface area contributed by atoms with Crippen molar-refractivity contribution in [1.29, 1.82) is 0 Å². The Labute approximate surface area is 106 Å². The van der Waals surface area contributed by atoms with Crippen LogP contribution in [0.1, 0.15) is 21.1 Å². The van der Waals surface area contributed by atoms with E-state index in [1.54, 1.807) is 12.3 Å². The monoisotopic (exact) mass is 268 g/mol. The third kappa shape index (κ3) is 3.10. The highest BCUT2D eigenvalue weighted by atomic mass is 32.1. The van der Waals surface area contributed by atoms with Crippen molar-refractivity contribution in [2.75, 3.05) is 0 Å². The SMILES string of the molecule is Cc1nc(C(=O)NCc2cc(F)cc(F)c2)cs1. The lowest BCUT2D eigenvalue weighted by Crippen LogP contribution is -2.23. The molecule has 0 saturated heterocycles. The Balaban J connectivity index is 2.01. The summed E-state index contributed by atoms with van der Waals surface area (Å²) in [6.07, 6.45) is 0. The van der Waals surface area contributed by atoms with Gasteiger partial charge in [-0.2, -0.15) is 0 Å². The van der Waals surface area contributed by atoms with Gasteiger partial charge in [0.1, 0.15) is 17.3 Å². The maximum absolute atomic E-state index is 12.9. The highest BCUT2D eigenvalue weighted by Gasteiger charge is 2.09. The number of hydrogen-bond acceptors (Lipinski definition) is 3. The van der Waals surface area contributed by atoms with Crippen LogP contribution in [0, 0.1) is 18.6 Å². The van der Waals surface area contributed by atoms with Gasteiger partial charge in [0.15, 0.2) is 0 Å². The molecule has 0 atom stereocenters. The maximum Gasteiger partial charge on any atom is 0.271 e. The summed E-state index contributed by atoms with van der Waals surface area (Å²) in [7, 11) is 0. The first-order valence-electron chi connectivity index (χ1n) is 5.20. The fraction of sp³-hybridized carbons (Fsp3) is 0.167. The maximum atomic E-state index is 12.9. The second-order valence-electron chi connectivity index (χ2n) is 3.71. The molecule has 0 spiro atoms. The van der Waals surface area contributed by atoms with E-state index in [0.717, 1.165) is 11.1 Å². The van der Waals surface area contributed by atoms with Gasteiger partial charge >= 0.3 is 0 Å². The molecule has 2 aromatic rings. The summed E-state index contributed by atoms with van der Waals surface area (Å²) in [4.78, 5) is 15.7. The predicted octanol–water partition coefficient (Wildman–Crippen LogP) is 2.66. The van der Waals surface area contributed by atoms with E-state index < -0.39 is 11.6 Å². The molecule has 1 N–H and O–H groups in total. The molecule has 2 rings (SSSR count). The third-order valence-corrected chi connectivity index (χ3v) is 3.00. The minimum atomic E-state index is -0.663. The molecule has 0 radical (unpaired) electrons. The zero-order valence-electron chi connectivity index (χ0n) is 9.54. The van der Waals surface area contributed by atoms with Crippen LogP contribution in [0.15, 0.2) is 23.6 Å². The first kappa shape index (κ1) is 12.6. The zero-order chi connectivity index (χ0) is 13.1. The number of hydrogen-bond donors (Lipinski definition) is 1. The largest absolute Gasteiger partial charge is 0.347 e.